The average Bonchev–Trinajstić information content (AvgIpc) is 2.65. The van der Waals surface area contributed by atoms with Crippen LogP contribution in [0.25, 0.3) is 0 Å². The Labute approximate surface area is 98.5 Å². The van der Waals surface area contributed by atoms with Gasteiger partial charge < -0.3 is 5.32 Å². The van der Waals surface area contributed by atoms with Gasteiger partial charge in [-0.25, -0.2) is 9.67 Å². The van der Waals surface area contributed by atoms with Crippen LogP contribution in [0.3, 0.4) is 0 Å². The maximum Gasteiger partial charge on any atom is 0.138 e. The zero-order chi connectivity index (χ0) is 12.1. The summed E-state index contributed by atoms with van der Waals surface area (Å²) in [7, 11) is 2.01. The lowest BCUT2D eigenvalue weighted by Crippen LogP contribution is -2.24. The van der Waals surface area contributed by atoms with Gasteiger partial charge in [0.05, 0.1) is 0 Å². The summed E-state index contributed by atoms with van der Waals surface area (Å²) in [4.78, 5) is 4.34. The van der Waals surface area contributed by atoms with Gasteiger partial charge in [-0.3, -0.25) is 0 Å². The maximum absolute atomic E-state index is 4.34. The summed E-state index contributed by atoms with van der Waals surface area (Å²) in [5.41, 5.74) is 0. The Kier molecular flexibility index (Phi) is 4.93. The Morgan fingerprint density at radius 1 is 1.31 bits per heavy atom. The minimum Gasteiger partial charge on any atom is -0.317 e. The lowest BCUT2D eigenvalue weighted by Gasteiger charge is -2.17. The molecule has 92 valence electrons. The molecule has 1 aromatic heterocycles. The first-order valence-electron chi connectivity index (χ1n) is 6.10. The van der Waals surface area contributed by atoms with Crippen LogP contribution in [0.15, 0.2) is 6.33 Å². The fraction of sp³-hybridized carbons (Fsp3) is 0.833. The van der Waals surface area contributed by atoms with E-state index in [9.17, 15) is 0 Å². The first-order valence-corrected chi connectivity index (χ1v) is 6.10. The molecule has 1 aromatic rings. The van der Waals surface area contributed by atoms with Crippen molar-refractivity contribution in [3.8, 4) is 0 Å². The molecule has 4 nitrogen and oxygen atoms in total. The van der Waals surface area contributed by atoms with Crippen molar-refractivity contribution in [2.24, 2.45) is 5.92 Å². The number of aromatic nitrogens is 3. The highest BCUT2D eigenvalue weighted by molar-refractivity contribution is 4.88. The molecule has 0 aliphatic heterocycles. The summed E-state index contributed by atoms with van der Waals surface area (Å²) < 4.78 is 2.01. The second-order valence-electron chi connectivity index (χ2n) is 4.95. The molecule has 4 heteroatoms. The average molecular weight is 224 g/mol. The monoisotopic (exact) mass is 224 g/mol. The topological polar surface area (TPSA) is 42.7 Å². The third-order valence-electron chi connectivity index (χ3n) is 2.92. The van der Waals surface area contributed by atoms with Crippen LogP contribution in [0.5, 0.6) is 0 Å². The van der Waals surface area contributed by atoms with Crippen LogP contribution >= 0.6 is 0 Å². The van der Waals surface area contributed by atoms with Crippen LogP contribution < -0.4 is 5.32 Å². The summed E-state index contributed by atoms with van der Waals surface area (Å²) in [5.74, 6) is 1.73. The molecule has 0 fully saturated rings. The van der Waals surface area contributed by atoms with Crippen LogP contribution in [0.2, 0.25) is 0 Å². The van der Waals surface area contributed by atoms with Crippen molar-refractivity contribution >= 4 is 0 Å². The van der Waals surface area contributed by atoms with E-state index in [2.05, 4.69) is 43.1 Å². The van der Waals surface area contributed by atoms with Gasteiger partial charge in [-0.05, 0) is 40.2 Å². The van der Waals surface area contributed by atoms with Gasteiger partial charge in [-0.2, -0.15) is 5.10 Å². The van der Waals surface area contributed by atoms with Crippen LogP contribution in [0.4, 0.5) is 0 Å². The van der Waals surface area contributed by atoms with Crippen molar-refractivity contribution in [1.29, 1.82) is 0 Å². The maximum atomic E-state index is 4.34. The van der Waals surface area contributed by atoms with Crippen molar-refractivity contribution in [3.63, 3.8) is 0 Å². The normalized spacial score (nSPS) is 15.4. The second kappa shape index (κ2) is 5.99. The number of nitrogens with one attached hydrogen (secondary N) is 1. The second-order valence-corrected chi connectivity index (χ2v) is 4.95. The van der Waals surface area contributed by atoms with Crippen molar-refractivity contribution in [1.82, 2.24) is 20.1 Å². The van der Waals surface area contributed by atoms with E-state index in [0.717, 1.165) is 12.2 Å². The molecule has 1 rings (SSSR count). The van der Waals surface area contributed by atoms with Crippen molar-refractivity contribution in [2.45, 2.75) is 52.6 Å². The number of hydrogen-bond donors (Lipinski definition) is 1. The summed E-state index contributed by atoms with van der Waals surface area (Å²) in [6.45, 7) is 8.76. The third-order valence-corrected chi connectivity index (χ3v) is 2.92. The summed E-state index contributed by atoms with van der Waals surface area (Å²) >= 11 is 0. The van der Waals surface area contributed by atoms with E-state index < -0.39 is 0 Å². The zero-order valence-electron chi connectivity index (χ0n) is 11.1. The fourth-order valence-electron chi connectivity index (χ4n) is 1.97. The molecule has 0 saturated carbocycles. The van der Waals surface area contributed by atoms with Gasteiger partial charge in [0.1, 0.15) is 12.2 Å². The van der Waals surface area contributed by atoms with E-state index in [-0.39, 0.29) is 0 Å². The van der Waals surface area contributed by atoms with E-state index >= 15 is 0 Å². The standard InChI is InChI=1S/C12H24N4/c1-9(2)16-12(14-8-15-16)7-10(3)6-11(4)13-5/h8-11,13H,6-7H2,1-5H3. The molecule has 2 atom stereocenters. The summed E-state index contributed by atoms with van der Waals surface area (Å²) in [6, 6.07) is 0.955. The molecule has 0 aliphatic carbocycles. The van der Waals surface area contributed by atoms with E-state index in [1.807, 2.05) is 11.7 Å². The van der Waals surface area contributed by atoms with E-state index in [1.165, 1.54) is 6.42 Å². The fourth-order valence-corrected chi connectivity index (χ4v) is 1.97. The lowest BCUT2D eigenvalue weighted by atomic mass is 9.99. The Hall–Kier alpha value is -0.900. The van der Waals surface area contributed by atoms with Gasteiger partial charge in [0, 0.05) is 18.5 Å². The van der Waals surface area contributed by atoms with Gasteiger partial charge >= 0.3 is 0 Å². The Balaban J connectivity index is 2.55. The van der Waals surface area contributed by atoms with Crippen molar-refractivity contribution < 1.29 is 0 Å². The number of rotatable bonds is 6. The lowest BCUT2D eigenvalue weighted by molar-refractivity contribution is 0.413. The Bertz CT molecular complexity index is 306. The van der Waals surface area contributed by atoms with E-state index in [0.29, 0.717) is 18.0 Å². The van der Waals surface area contributed by atoms with Crippen LogP contribution in [0, 0.1) is 5.92 Å². The van der Waals surface area contributed by atoms with Gasteiger partial charge in [-0.1, -0.05) is 6.92 Å². The van der Waals surface area contributed by atoms with Crippen molar-refractivity contribution in [2.75, 3.05) is 7.05 Å². The van der Waals surface area contributed by atoms with Gasteiger partial charge in [0.2, 0.25) is 0 Å². The first kappa shape index (κ1) is 13.2. The molecule has 0 aromatic carbocycles. The van der Waals surface area contributed by atoms with Crippen molar-refractivity contribution in [3.05, 3.63) is 12.2 Å². The highest BCUT2D eigenvalue weighted by Crippen LogP contribution is 2.14. The van der Waals surface area contributed by atoms with Gasteiger partial charge in [0.25, 0.3) is 0 Å². The minimum atomic E-state index is 0.395. The highest BCUT2D eigenvalue weighted by Gasteiger charge is 2.13. The molecule has 0 radical (unpaired) electrons. The molecular formula is C12H24N4. The molecule has 1 N–H and O–H groups in total. The summed E-state index contributed by atoms with van der Waals surface area (Å²) in [5, 5.41) is 7.53. The highest BCUT2D eigenvalue weighted by atomic mass is 15.3. The quantitative estimate of drug-likeness (QED) is 0.804. The predicted octanol–water partition coefficient (Wildman–Crippen LogP) is 2.04. The molecule has 1 heterocycles. The molecule has 0 aliphatic rings. The largest absolute Gasteiger partial charge is 0.317 e. The molecule has 0 saturated heterocycles. The Morgan fingerprint density at radius 2 is 2.00 bits per heavy atom. The molecule has 0 amide bonds. The number of nitrogens with zero attached hydrogens (tertiary/aromatic N) is 3. The van der Waals surface area contributed by atoms with Gasteiger partial charge in [0.15, 0.2) is 0 Å². The Morgan fingerprint density at radius 3 is 2.56 bits per heavy atom. The van der Waals surface area contributed by atoms with Gasteiger partial charge in [-0.15, -0.1) is 0 Å². The van der Waals surface area contributed by atoms with E-state index in [4.69, 9.17) is 0 Å². The molecular weight excluding hydrogens is 200 g/mol. The molecule has 0 bridgehead atoms. The first-order chi connectivity index (χ1) is 7.54. The molecule has 16 heavy (non-hydrogen) atoms. The zero-order valence-corrected chi connectivity index (χ0v) is 11.1. The van der Waals surface area contributed by atoms with Crippen LogP contribution in [0.1, 0.15) is 46.0 Å². The van der Waals surface area contributed by atoms with Crippen LogP contribution in [-0.2, 0) is 6.42 Å². The molecule has 0 spiro atoms. The van der Waals surface area contributed by atoms with Crippen LogP contribution in [-0.4, -0.2) is 27.9 Å². The SMILES string of the molecule is CNC(C)CC(C)Cc1ncnn1C(C)C. The number of hydrogen-bond acceptors (Lipinski definition) is 3. The smallest absolute Gasteiger partial charge is 0.138 e. The predicted molar refractivity (Wildman–Crippen MR) is 66.4 cm³/mol. The summed E-state index contributed by atoms with van der Waals surface area (Å²) in [6.07, 6.45) is 3.83. The molecule has 2 unspecified atom stereocenters. The minimum absolute atomic E-state index is 0.395. The third kappa shape index (κ3) is 3.59. The van der Waals surface area contributed by atoms with E-state index in [1.54, 1.807) is 6.33 Å².